The van der Waals surface area contributed by atoms with Crippen LogP contribution >= 0.6 is 31.9 Å². The monoisotopic (exact) mass is 402 g/mol. The Labute approximate surface area is 127 Å². The highest BCUT2D eigenvalue weighted by Crippen LogP contribution is 2.33. The lowest BCUT2D eigenvalue weighted by Gasteiger charge is -2.17. The Bertz CT molecular complexity index is 466. The average Bonchev–Trinajstić information content (AvgIpc) is 2.55. The predicted octanol–water partition coefficient (Wildman–Crippen LogP) is 5.43. The minimum atomic E-state index is -4.45. The Morgan fingerprint density at radius 3 is 2.32 bits per heavy atom. The summed E-state index contributed by atoms with van der Waals surface area (Å²) >= 11 is 6.13. The molecule has 0 fully saturated rings. The zero-order valence-electron chi connectivity index (χ0n) is 10.9. The van der Waals surface area contributed by atoms with Crippen LogP contribution in [0.4, 0.5) is 13.2 Å². The van der Waals surface area contributed by atoms with Gasteiger partial charge in [0.15, 0.2) is 5.69 Å². The molecule has 0 amide bonds. The molecular weight excluding hydrogens is 389 g/mol. The van der Waals surface area contributed by atoms with E-state index in [1.165, 1.54) is 17.0 Å². The van der Waals surface area contributed by atoms with E-state index in [2.05, 4.69) is 37.0 Å². The third-order valence-electron chi connectivity index (χ3n) is 2.41. The summed E-state index contributed by atoms with van der Waals surface area (Å²) < 4.78 is 40.3. The predicted molar refractivity (Wildman–Crippen MR) is 77.1 cm³/mol. The van der Waals surface area contributed by atoms with Crippen LogP contribution in [0.1, 0.15) is 38.4 Å². The Morgan fingerprint density at radius 1 is 1.32 bits per heavy atom. The van der Waals surface area contributed by atoms with Crippen LogP contribution in [0.3, 0.4) is 0 Å². The van der Waals surface area contributed by atoms with Crippen LogP contribution in [-0.4, -0.2) is 9.78 Å². The number of hydrogen-bond donors (Lipinski definition) is 0. The molecule has 0 aromatic carbocycles. The molecule has 0 bridgehead atoms. The fourth-order valence-corrected chi connectivity index (χ4v) is 1.94. The van der Waals surface area contributed by atoms with E-state index >= 15 is 0 Å². The Kier molecular flexibility index (Phi) is 5.28. The minimum absolute atomic E-state index is 0.0464. The van der Waals surface area contributed by atoms with E-state index in [9.17, 15) is 13.2 Å². The number of rotatable bonds is 3. The van der Waals surface area contributed by atoms with E-state index in [0.717, 1.165) is 6.42 Å². The molecule has 108 valence electrons. The molecular formula is C12H15Br2F3N2. The topological polar surface area (TPSA) is 17.8 Å². The molecule has 0 unspecified atom stereocenters. The van der Waals surface area contributed by atoms with Gasteiger partial charge < -0.3 is 0 Å². The number of aromatic nitrogens is 2. The molecule has 0 spiro atoms. The minimum Gasteiger partial charge on any atom is -0.272 e. The van der Waals surface area contributed by atoms with E-state index in [1.807, 2.05) is 20.8 Å². The van der Waals surface area contributed by atoms with Crippen molar-refractivity contribution in [1.82, 2.24) is 9.78 Å². The summed E-state index contributed by atoms with van der Waals surface area (Å²) in [7, 11) is 0. The van der Waals surface area contributed by atoms with Gasteiger partial charge in [-0.25, -0.2) is 0 Å². The van der Waals surface area contributed by atoms with Gasteiger partial charge in [0, 0.05) is 18.3 Å². The molecule has 1 aromatic heterocycles. The van der Waals surface area contributed by atoms with Crippen LogP contribution in [0.25, 0.3) is 6.08 Å². The number of alkyl halides is 3. The summed E-state index contributed by atoms with van der Waals surface area (Å²) in [6.07, 6.45) is -0.931. The van der Waals surface area contributed by atoms with Crippen molar-refractivity contribution in [2.75, 3.05) is 0 Å². The fourth-order valence-electron chi connectivity index (χ4n) is 1.44. The first kappa shape index (κ1) is 16.8. The quantitative estimate of drug-likeness (QED) is 0.658. The van der Waals surface area contributed by atoms with Gasteiger partial charge in [-0.3, -0.25) is 4.68 Å². The first-order chi connectivity index (χ1) is 8.49. The highest BCUT2D eigenvalue weighted by atomic mass is 79.9. The Hall–Kier alpha value is -0.300. The highest BCUT2D eigenvalue weighted by Gasteiger charge is 2.36. The van der Waals surface area contributed by atoms with Crippen molar-refractivity contribution < 1.29 is 13.2 Å². The largest absolute Gasteiger partial charge is 0.435 e. The molecule has 0 aliphatic carbocycles. The number of halogens is 5. The maximum absolute atomic E-state index is 12.9. The summed E-state index contributed by atoms with van der Waals surface area (Å²) in [5.41, 5.74) is -0.765. The van der Waals surface area contributed by atoms with Crippen LogP contribution in [0.5, 0.6) is 0 Å². The molecule has 0 radical (unpaired) electrons. The molecule has 1 rings (SSSR count). The summed E-state index contributed by atoms with van der Waals surface area (Å²) in [6.45, 7) is 6.57. The normalized spacial score (nSPS) is 12.6. The van der Waals surface area contributed by atoms with Crippen LogP contribution in [0, 0.1) is 5.41 Å². The maximum Gasteiger partial charge on any atom is 0.435 e. The van der Waals surface area contributed by atoms with E-state index in [-0.39, 0.29) is 11.0 Å². The standard InChI is InChI=1S/C12H15Br2F3N2/c1-11(2,3)4-5-19-7-8(6-9(13)14)10(18-19)12(15,16)17/h6-7H,4-5H2,1-3H3. The van der Waals surface area contributed by atoms with Crippen LogP contribution < -0.4 is 0 Å². The molecule has 1 heterocycles. The smallest absolute Gasteiger partial charge is 0.272 e. The molecule has 0 aliphatic heterocycles. The summed E-state index contributed by atoms with van der Waals surface area (Å²) in [5, 5.41) is 3.64. The van der Waals surface area contributed by atoms with Gasteiger partial charge in [-0.2, -0.15) is 18.3 Å². The van der Waals surface area contributed by atoms with Gasteiger partial charge in [0.25, 0.3) is 0 Å². The van der Waals surface area contributed by atoms with Crippen molar-refractivity contribution in [1.29, 1.82) is 0 Å². The first-order valence-electron chi connectivity index (χ1n) is 5.66. The third kappa shape index (κ3) is 5.69. The van der Waals surface area contributed by atoms with Crippen LogP contribution in [0.2, 0.25) is 0 Å². The van der Waals surface area contributed by atoms with Crippen LogP contribution in [-0.2, 0) is 12.7 Å². The van der Waals surface area contributed by atoms with Crippen molar-refractivity contribution in [2.24, 2.45) is 5.41 Å². The molecule has 0 saturated heterocycles. The van der Waals surface area contributed by atoms with Gasteiger partial charge in [0.05, 0.1) is 3.39 Å². The first-order valence-corrected chi connectivity index (χ1v) is 7.25. The lowest BCUT2D eigenvalue weighted by molar-refractivity contribution is -0.141. The molecule has 0 N–H and O–H groups in total. The van der Waals surface area contributed by atoms with Gasteiger partial charge in [-0.15, -0.1) is 0 Å². The summed E-state index contributed by atoms with van der Waals surface area (Å²) in [6, 6.07) is 0. The molecule has 0 saturated carbocycles. The lowest BCUT2D eigenvalue weighted by atomic mass is 9.92. The van der Waals surface area contributed by atoms with E-state index in [1.54, 1.807) is 0 Å². The summed E-state index contributed by atoms with van der Waals surface area (Å²) in [4.78, 5) is 0. The van der Waals surface area contributed by atoms with Crippen LogP contribution in [0.15, 0.2) is 9.59 Å². The number of hydrogen-bond acceptors (Lipinski definition) is 1. The average molecular weight is 404 g/mol. The number of nitrogens with zero attached hydrogens (tertiary/aromatic N) is 2. The number of aryl methyl sites for hydroxylation is 1. The SMILES string of the molecule is CC(C)(C)CCn1cc(C=C(Br)Br)c(C(F)(F)F)n1. The highest BCUT2D eigenvalue weighted by molar-refractivity contribution is 9.28. The zero-order valence-corrected chi connectivity index (χ0v) is 14.0. The second-order valence-electron chi connectivity index (χ2n) is 5.44. The van der Waals surface area contributed by atoms with Gasteiger partial charge in [0.1, 0.15) is 0 Å². The van der Waals surface area contributed by atoms with Gasteiger partial charge >= 0.3 is 6.18 Å². The zero-order chi connectivity index (χ0) is 14.8. The van der Waals surface area contributed by atoms with Crippen molar-refractivity contribution in [2.45, 2.75) is 39.9 Å². The molecule has 0 aliphatic rings. The second-order valence-corrected chi connectivity index (χ2v) is 8.21. The van der Waals surface area contributed by atoms with Crippen molar-refractivity contribution in [3.63, 3.8) is 0 Å². The van der Waals surface area contributed by atoms with Crippen molar-refractivity contribution in [3.8, 4) is 0 Å². The molecule has 2 nitrogen and oxygen atoms in total. The lowest BCUT2D eigenvalue weighted by Crippen LogP contribution is -2.12. The Morgan fingerprint density at radius 2 is 1.89 bits per heavy atom. The van der Waals surface area contributed by atoms with Gasteiger partial charge in [-0.1, -0.05) is 20.8 Å². The summed E-state index contributed by atoms with van der Waals surface area (Å²) in [5.74, 6) is 0. The van der Waals surface area contributed by atoms with E-state index in [0.29, 0.717) is 9.94 Å². The fraction of sp³-hybridized carbons (Fsp3) is 0.583. The Balaban J connectivity index is 3.04. The maximum atomic E-state index is 12.9. The third-order valence-corrected chi connectivity index (χ3v) is 2.87. The molecule has 1 aromatic rings. The van der Waals surface area contributed by atoms with E-state index in [4.69, 9.17) is 0 Å². The molecule has 7 heteroatoms. The van der Waals surface area contributed by atoms with Crippen molar-refractivity contribution >= 4 is 37.9 Å². The second kappa shape index (κ2) is 5.99. The molecule has 0 atom stereocenters. The van der Waals surface area contributed by atoms with Crippen molar-refractivity contribution in [3.05, 3.63) is 20.8 Å². The van der Waals surface area contributed by atoms with Gasteiger partial charge in [-0.05, 0) is 49.8 Å². The van der Waals surface area contributed by atoms with E-state index < -0.39 is 11.9 Å². The molecule has 19 heavy (non-hydrogen) atoms. The van der Waals surface area contributed by atoms with Gasteiger partial charge in [0.2, 0.25) is 0 Å².